The van der Waals surface area contributed by atoms with Gasteiger partial charge >= 0.3 is 59.1 Å². The van der Waals surface area contributed by atoms with Crippen molar-refractivity contribution in [2.75, 3.05) is 26.2 Å². The summed E-state index contributed by atoms with van der Waals surface area (Å²) in [5.41, 5.74) is 10.3. The van der Waals surface area contributed by atoms with Crippen LogP contribution in [0.3, 0.4) is 0 Å². The van der Waals surface area contributed by atoms with Gasteiger partial charge in [0.05, 0.1) is 0 Å². The third-order valence-corrected chi connectivity index (χ3v) is 0.642. The van der Waals surface area contributed by atoms with Crippen molar-refractivity contribution in [1.82, 2.24) is 5.32 Å². The molecule has 0 spiro atoms. The van der Waals surface area contributed by atoms with Gasteiger partial charge in [-0.15, -0.1) is 65.8 Å². The van der Waals surface area contributed by atoms with Crippen LogP contribution >= 0.6 is 8.25 Å². The summed E-state index contributed by atoms with van der Waals surface area (Å²) in [6, 6.07) is 0. The molecule has 5 N–H and O–H groups in total. The Labute approximate surface area is 189 Å². The van der Waals surface area contributed by atoms with E-state index in [4.69, 9.17) is 25.8 Å². The monoisotopic (exact) mass is 368 g/mol. The van der Waals surface area contributed by atoms with Gasteiger partial charge in [-0.25, -0.2) is 0 Å². The van der Waals surface area contributed by atoms with Crippen molar-refractivity contribution in [2.45, 2.75) is 0 Å². The van der Waals surface area contributed by atoms with E-state index < -0.39 is 8.25 Å². The molecule has 9 heteroatoms. The maximum absolute atomic E-state index is 8.48. The van der Waals surface area contributed by atoms with Crippen LogP contribution in [0.5, 0.6) is 0 Å². The third-order valence-electron chi connectivity index (χ3n) is 0.642. The fourth-order valence-electron chi connectivity index (χ4n) is 0.329. The molecular formula is C14H33N3Na2O3P+. The van der Waals surface area contributed by atoms with Gasteiger partial charge in [0, 0.05) is 26.2 Å². The zero-order valence-electron chi connectivity index (χ0n) is 15.2. The molecule has 0 aromatic carbocycles. The molecule has 0 aliphatic carbocycles. The van der Waals surface area contributed by atoms with Gasteiger partial charge in [0.2, 0.25) is 0 Å². The van der Waals surface area contributed by atoms with Crippen LogP contribution in [0.4, 0.5) is 0 Å². The minimum atomic E-state index is -3.37. The van der Waals surface area contributed by atoms with Crippen molar-refractivity contribution in [3.05, 3.63) is 65.8 Å². The Morgan fingerprint density at radius 2 is 0.826 bits per heavy atom. The molecule has 0 radical (unpaired) electrons. The molecule has 6 nitrogen and oxygen atoms in total. The minimum Gasteiger partial charge on any atom is -0.598 e. The van der Waals surface area contributed by atoms with Crippen LogP contribution in [0.15, 0.2) is 65.8 Å². The molecule has 0 bridgehead atoms. The van der Waals surface area contributed by atoms with Gasteiger partial charge in [0.25, 0.3) is 8.25 Å². The summed E-state index contributed by atoms with van der Waals surface area (Å²) in [6.45, 7) is 33.1. The summed E-state index contributed by atoms with van der Waals surface area (Å²) in [4.78, 5) is 17.0. The molecule has 0 aliphatic rings. The maximum atomic E-state index is 8.48. The van der Waals surface area contributed by atoms with Gasteiger partial charge in [0.1, 0.15) is 0 Å². The minimum absolute atomic E-state index is 0. The topological polar surface area (TPSA) is 127 Å². The van der Waals surface area contributed by atoms with E-state index in [1.54, 1.807) is 0 Å². The Balaban J connectivity index is -0.0000000154. The molecule has 0 rings (SSSR count). The van der Waals surface area contributed by atoms with Crippen LogP contribution in [-0.4, -0.2) is 26.2 Å². The van der Waals surface area contributed by atoms with Gasteiger partial charge in [-0.05, 0) is 0 Å². The standard InChI is InChI=1S/C4H13N3.5C2H4.2Na.HO3P/c5-1-3-7-4-2-6;5*1-2;;;1-4(2)3/h7H,1-6H2;5*1-2H2;;;(H,1,2,3)/q;;;;;;2*+1;/p-1. The molecule has 0 unspecified atom stereocenters. The molecule has 0 aromatic heterocycles. The Morgan fingerprint density at radius 1 is 0.696 bits per heavy atom. The first-order valence-electron chi connectivity index (χ1n) is 5.57. The Morgan fingerprint density at radius 3 is 0.913 bits per heavy atom. The molecule has 0 amide bonds. The number of hydrogen-bond acceptors (Lipinski definition) is 6. The van der Waals surface area contributed by atoms with Crippen LogP contribution < -0.4 is 85.7 Å². The summed E-state index contributed by atoms with van der Waals surface area (Å²) < 4.78 is 8.48. The molecule has 0 heterocycles. The van der Waals surface area contributed by atoms with E-state index in [1.807, 2.05) is 0 Å². The quantitative estimate of drug-likeness (QED) is 0.197. The molecule has 0 atom stereocenters. The second kappa shape index (κ2) is 143. The molecular weight excluding hydrogens is 335 g/mol. The molecule has 23 heavy (non-hydrogen) atoms. The van der Waals surface area contributed by atoms with E-state index in [0.717, 1.165) is 13.1 Å². The van der Waals surface area contributed by atoms with Crippen LogP contribution in [0.25, 0.3) is 0 Å². The van der Waals surface area contributed by atoms with Gasteiger partial charge in [-0.3, -0.25) is 0 Å². The van der Waals surface area contributed by atoms with Gasteiger partial charge in [0.15, 0.2) is 0 Å². The van der Waals surface area contributed by atoms with Gasteiger partial charge in [-0.2, -0.15) is 0 Å². The van der Waals surface area contributed by atoms with Gasteiger partial charge in [-0.1, -0.05) is 4.57 Å². The molecule has 0 saturated heterocycles. The molecule has 0 saturated carbocycles. The molecule has 0 aliphatic heterocycles. The smallest absolute Gasteiger partial charge is 0.598 e. The zero-order valence-corrected chi connectivity index (χ0v) is 20.1. The predicted octanol–water partition coefficient (Wildman–Crippen LogP) is -5.12. The number of nitrogens with two attached hydrogens (primary N) is 2. The largest absolute Gasteiger partial charge is 1.00 e. The van der Waals surface area contributed by atoms with Crippen LogP contribution in [-0.2, 0) is 4.57 Å². The van der Waals surface area contributed by atoms with Gasteiger partial charge < -0.3 is 26.6 Å². The fourth-order valence-corrected chi connectivity index (χ4v) is 0.329. The van der Waals surface area contributed by atoms with Crippen molar-refractivity contribution in [3.63, 3.8) is 0 Å². The summed E-state index contributed by atoms with van der Waals surface area (Å²) in [5, 5.41) is 3.03. The fraction of sp³-hybridized carbons (Fsp3) is 0.286. The molecule has 0 aromatic rings. The van der Waals surface area contributed by atoms with E-state index in [0.29, 0.717) is 13.1 Å². The number of rotatable bonds is 4. The van der Waals surface area contributed by atoms with E-state index in [-0.39, 0.29) is 59.1 Å². The average Bonchev–Trinajstić information content (AvgIpc) is 2.57. The second-order valence-corrected chi connectivity index (χ2v) is 2.00. The third kappa shape index (κ3) is 453. The average molecular weight is 368 g/mol. The normalized spacial score (nSPS) is 4.87. The number of hydrogen-bond donors (Lipinski definition) is 3. The summed E-state index contributed by atoms with van der Waals surface area (Å²) in [7, 11) is -3.37. The van der Waals surface area contributed by atoms with Crippen molar-refractivity contribution in [3.8, 4) is 0 Å². The van der Waals surface area contributed by atoms with Crippen LogP contribution in [0.1, 0.15) is 0 Å². The first-order chi connectivity index (χ1) is 10.1. The summed E-state index contributed by atoms with van der Waals surface area (Å²) >= 11 is 0. The van der Waals surface area contributed by atoms with E-state index in [1.165, 1.54) is 0 Å². The first-order valence-corrected chi connectivity index (χ1v) is 6.67. The van der Waals surface area contributed by atoms with E-state index in [9.17, 15) is 0 Å². The zero-order chi connectivity index (χ0) is 19.1. The molecule has 0 fully saturated rings. The van der Waals surface area contributed by atoms with Crippen molar-refractivity contribution < 1.29 is 73.5 Å². The van der Waals surface area contributed by atoms with Crippen LogP contribution in [0, 0.1) is 0 Å². The van der Waals surface area contributed by atoms with Crippen LogP contribution in [0.2, 0.25) is 0 Å². The maximum Gasteiger partial charge on any atom is 1.00 e. The van der Waals surface area contributed by atoms with E-state index >= 15 is 0 Å². The number of nitrogens with one attached hydrogen (secondary N) is 1. The molecule has 128 valence electrons. The van der Waals surface area contributed by atoms with E-state index in [2.05, 4.69) is 71.1 Å². The van der Waals surface area contributed by atoms with Crippen molar-refractivity contribution in [1.29, 1.82) is 0 Å². The SMILES string of the molecule is C=C.C=C.C=C.C=C.C=C.NCCNCCN.O=[P+]([O-])[O-].[Na+].[Na+]. The van der Waals surface area contributed by atoms with Crippen molar-refractivity contribution >= 4 is 8.25 Å². The Hall–Kier alpha value is 0.600. The van der Waals surface area contributed by atoms with Crippen molar-refractivity contribution in [2.24, 2.45) is 11.5 Å². The Kier molecular flexibility index (Phi) is 351. The summed E-state index contributed by atoms with van der Waals surface area (Å²) in [5.74, 6) is 0. The first kappa shape index (κ1) is 56.5. The summed E-state index contributed by atoms with van der Waals surface area (Å²) in [6.07, 6.45) is 0. The Bertz CT molecular complexity index is 144. The second-order valence-electron chi connectivity index (χ2n) is 1.55. The predicted molar refractivity (Wildman–Crippen MR) is 94.9 cm³/mol.